The fourth-order valence-electron chi connectivity index (χ4n) is 1.51. The molecule has 2 heterocycles. The summed E-state index contributed by atoms with van der Waals surface area (Å²) in [6, 6.07) is 3.28. The monoisotopic (exact) mass is 246 g/mol. The van der Waals surface area contributed by atoms with Crippen molar-refractivity contribution < 1.29 is 4.79 Å². The summed E-state index contributed by atoms with van der Waals surface area (Å²) in [4.78, 5) is 19.9. The topological polar surface area (TPSA) is 110 Å². The molecule has 0 aliphatic heterocycles. The molecule has 1 amide bonds. The van der Waals surface area contributed by atoms with Crippen LogP contribution in [0.1, 0.15) is 28.8 Å². The van der Waals surface area contributed by atoms with Crippen LogP contribution in [0.2, 0.25) is 0 Å². The second-order valence-electron chi connectivity index (χ2n) is 3.74. The number of nitrogen functional groups attached to an aromatic ring is 1. The lowest BCUT2D eigenvalue weighted by molar-refractivity contribution is 0.0949. The third kappa shape index (κ3) is 2.82. The zero-order valence-corrected chi connectivity index (χ0v) is 9.97. The van der Waals surface area contributed by atoms with Crippen LogP contribution in [0, 0.1) is 0 Å². The average Bonchev–Trinajstić information content (AvgIpc) is 2.88. The highest BCUT2D eigenvalue weighted by Gasteiger charge is 2.08. The lowest BCUT2D eigenvalue weighted by Gasteiger charge is -2.06. The number of anilines is 1. The van der Waals surface area contributed by atoms with Crippen molar-refractivity contribution in [3.63, 3.8) is 0 Å². The minimum atomic E-state index is -0.213. The van der Waals surface area contributed by atoms with E-state index in [1.807, 2.05) is 6.92 Å². The number of aromatic amines is 1. The molecule has 2 aromatic heterocycles. The summed E-state index contributed by atoms with van der Waals surface area (Å²) in [6.07, 6.45) is 2.12. The van der Waals surface area contributed by atoms with Crippen molar-refractivity contribution in [1.82, 2.24) is 25.5 Å². The number of aromatic nitrogens is 4. The van der Waals surface area contributed by atoms with Crippen LogP contribution in [-0.4, -0.2) is 26.1 Å². The number of nitrogens with two attached hydrogens (primary N) is 1. The first-order valence-corrected chi connectivity index (χ1v) is 5.58. The van der Waals surface area contributed by atoms with E-state index >= 15 is 0 Å². The number of hydrogen-bond acceptors (Lipinski definition) is 5. The quantitative estimate of drug-likeness (QED) is 0.717. The molecule has 94 valence electrons. The zero-order chi connectivity index (χ0) is 13.0. The fraction of sp³-hybridized carbons (Fsp3) is 0.273. The van der Waals surface area contributed by atoms with Gasteiger partial charge in [0.1, 0.15) is 18.0 Å². The number of rotatable bonds is 4. The Kier molecular flexibility index (Phi) is 3.52. The van der Waals surface area contributed by atoms with E-state index in [4.69, 9.17) is 5.73 Å². The first kappa shape index (κ1) is 12.0. The second kappa shape index (κ2) is 5.26. The summed E-state index contributed by atoms with van der Waals surface area (Å²) >= 11 is 0. The van der Waals surface area contributed by atoms with Gasteiger partial charge in [-0.25, -0.2) is 9.97 Å². The van der Waals surface area contributed by atoms with Crippen LogP contribution in [0.3, 0.4) is 0 Å². The Labute approximate surface area is 104 Å². The lowest BCUT2D eigenvalue weighted by Crippen LogP contribution is -2.24. The lowest BCUT2D eigenvalue weighted by atomic mass is 10.2. The van der Waals surface area contributed by atoms with E-state index in [0.29, 0.717) is 23.8 Å². The Hall–Kier alpha value is -2.44. The first-order chi connectivity index (χ1) is 8.69. The standard InChI is InChI=1S/C11H14N6O/c1-2-8-3-7(4-9(12)16-8)11(18)13-5-10-14-6-15-17-10/h3-4,6H,2,5H2,1H3,(H2,12,16)(H,13,18)(H,14,15,17). The molecule has 7 heteroatoms. The zero-order valence-electron chi connectivity index (χ0n) is 9.97. The van der Waals surface area contributed by atoms with E-state index in [-0.39, 0.29) is 5.91 Å². The third-order valence-corrected chi connectivity index (χ3v) is 2.40. The molecule has 0 radical (unpaired) electrons. The maximum atomic E-state index is 11.9. The van der Waals surface area contributed by atoms with E-state index in [1.165, 1.54) is 6.33 Å². The normalized spacial score (nSPS) is 10.3. The summed E-state index contributed by atoms with van der Waals surface area (Å²) in [6.45, 7) is 2.25. The summed E-state index contributed by atoms with van der Waals surface area (Å²) in [7, 11) is 0. The number of amides is 1. The summed E-state index contributed by atoms with van der Waals surface area (Å²) in [5, 5.41) is 9.09. The third-order valence-electron chi connectivity index (χ3n) is 2.40. The van der Waals surface area contributed by atoms with Gasteiger partial charge in [0.25, 0.3) is 5.91 Å². The van der Waals surface area contributed by atoms with Gasteiger partial charge in [-0.1, -0.05) is 6.92 Å². The number of carbonyl (C=O) groups is 1. The van der Waals surface area contributed by atoms with E-state index in [9.17, 15) is 4.79 Å². The highest BCUT2D eigenvalue weighted by molar-refractivity contribution is 5.94. The maximum Gasteiger partial charge on any atom is 0.251 e. The number of nitrogens with zero attached hydrogens (tertiary/aromatic N) is 3. The van der Waals surface area contributed by atoms with Crippen molar-refractivity contribution in [2.75, 3.05) is 5.73 Å². The molecule has 0 aliphatic carbocycles. The van der Waals surface area contributed by atoms with Crippen molar-refractivity contribution >= 4 is 11.7 Å². The molecule has 0 bridgehead atoms. The summed E-state index contributed by atoms with van der Waals surface area (Å²) < 4.78 is 0. The molecule has 2 aromatic rings. The van der Waals surface area contributed by atoms with Crippen molar-refractivity contribution in [3.8, 4) is 0 Å². The fourth-order valence-corrected chi connectivity index (χ4v) is 1.51. The number of H-pyrrole nitrogens is 1. The van der Waals surface area contributed by atoms with Gasteiger partial charge in [-0.15, -0.1) is 0 Å². The minimum Gasteiger partial charge on any atom is -0.384 e. The van der Waals surface area contributed by atoms with Crippen molar-refractivity contribution in [2.24, 2.45) is 0 Å². The van der Waals surface area contributed by atoms with E-state index in [0.717, 1.165) is 12.1 Å². The summed E-state index contributed by atoms with van der Waals surface area (Å²) in [5.41, 5.74) is 6.93. The molecule has 18 heavy (non-hydrogen) atoms. The van der Waals surface area contributed by atoms with Crippen LogP contribution in [0.15, 0.2) is 18.5 Å². The Morgan fingerprint density at radius 2 is 2.33 bits per heavy atom. The molecular formula is C11H14N6O. The van der Waals surface area contributed by atoms with Crippen LogP contribution in [0.4, 0.5) is 5.82 Å². The molecule has 0 fully saturated rings. The molecule has 0 saturated carbocycles. The largest absolute Gasteiger partial charge is 0.384 e. The molecule has 2 rings (SSSR count). The van der Waals surface area contributed by atoms with E-state index in [2.05, 4.69) is 25.5 Å². The van der Waals surface area contributed by atoms with Crippen LogP contribution in [0.5, 0.6) is 0 Å². The summed E-state index contributed by atoms with van der Waals surface area (Å²) in [5.74, 6) is 0.732. The van der Waals surface area contributed by atoms with Gasteiger partial charge in [0.2, 0.25) is 0 Å². The van der Waals surface area contributed by atoms with Gasteiger partial charge in [0.05, 0.1) is 6.54 Å². The number of pyridine rings is 1. The van der Waals surface area contributed by atoms with Crippen molar-refractivity contribution in [1.29, 1.82) is 0 Å². The van der Waals surface area contributed by atoms with Crippen molar-refractivity contribution in [3.05, 3.63) is 35.5 Å². The SMILES string of the molecule is CCc1cc(C(=O)NCc2ncn[nH]2)cc(N)n1. The Morgan fingerprint density at radius 1 is 1.50 bits per heavy atom. The molecule has 7 nitrogen and oxygen atoms in total. The van der Waals surface area contributed by atoms with Crippen molar-refractivity contribution in [2.45, 2.75) is 19.9 Å². The smallest absolute Gasteiger partial charge is 0.251 e. The Balaban J connectivity index is 2.06. The highest BCUT2D eigenvalue weighted by Crippen LogP contribution is 2.08. The molecule has 0 unspecified atom stereocenters. The van der Waals surface area contributed by atoms with Crippen LogP contribution in [0.25, 0.3) is 0 Å². The van der Waals surface area contributed by atoms with Crippen LogP contribution >= 0.6 is 0 Å². The molecule has 0 saturated heterocycles. The van der Waals surface area contributed by atoms with Gasteiger partial charge in [-0.3, -0.25) is 9.89 Å². The number of hydrogen-bond donors (Lipinski definition) is 3. The predicted octanol–water partition coefficient (Wildman–Crippen LogP) is 0.274. The molecule has 0 spiro atoms. The number of carbonyl (C=O) groups excluding carboxylic acids is 1. The van der Waals surface area contributed by atoms with Gasteiger partial charge >= 0.3 is 0 Å². The van der Waals surface area contributed by atoms with Gasteiger partial charge in [-0.05, 0) is 18.6 Å². The highest BCUT2D eigenvalue weighted by atomic mass is 16.1. The average molecular weight is 246 g/mol. The Bertz CT molecular complexity index is 536. The maximum absolute atomic E-state index is 11.9. The molecule has 0 aliphatic rings. The van der Waals surface area contributed by atoms with Gasteiger partial charge < -0.3 is 11.1 Å². The second-order valence-corrected chi connectivity index (χ2v) is 3.74. The molecule has 4 N–H and O–H groups in total. The first-order valence-electron chi connectivity index (χ1n) is 5.58. The van der Waals surface area contributed by atoms with Crippen LogP contribution in [-0.2, 0) is 13.0 Å². The molecular weight excluding hydrogens is 232 g/mol. The number of aryl methyl sites for hydroxylation is 1. The van der Waals surface area contributed by atoms with E-state index < -0.39 is 0 Å². The number of nitrogens with one attached hydrogen (secondary N) is 2. The minimum absolute atomic E-state index is 0.213. The van der Waals surface area contributed by atoms with E-state index in [1.54, 1.807) is 12.1 Å². The van der Waals surface area contributed by atoms with Crippen LogP contribution < -0.4 is 11.1 Å². The predicted molar refractivity (Wildman–Crippen MR) is 65.6 cm³/mol. The van der Waals surface area contributed by atoms with Gasteiger partial charge in [0, 0.05) is 11.3 Å². The Morgan fingerprint density at radius 3 is 3.00 bits per heavy atom. The molecule has 0 aromatic carbocycles. The van der Waals surface area contributed by atoms with Gasteiger partial charge in [0.15, 0.2) is 0 Å². The molecule has 0 atom stereocenters. The van der Waals surface area contributed by atoms with Gasteiger partial charge in [-0.2, -0.15) is 5.10 Å².